The van der Waals surface area contributed by atoms with Crippen LogP contribution in [0.25, 0.3) is 88.0 Å². The van der Waals surface area contributed by atoms with Crippen LogP contribution in [0.5, 0.6) is 0 Å². The zero-order valence-corrected chi connectivity index (χ0v) is 31.7. The molecule has 0 saturated heterocycles. The monoisotopic (exact) mass is 739 g/mol. The molecule has 272 valence electrons. The predicted octanol–water partition coefficient (Wildman–Crippen LogP) is 16.0. The Hall–Kier alpha value is -7.68. The van der Waals surface area contributed by atoms with Crippen molar-refractivity contribution in [1.82, 2.24) is 0 Å². The van der Waals surface area contributed by atoms with Crippen molar-refractivity contribution in [2.24, 2.45) is 0 Å². The molecule has 0 saturated carbocycles. The molecule has 0 fully saturated rings. The topological polar surface area (TPSA) is 16.4 Å². The standard InChI is InChI=1S/C56H37NO/c1-2-12-38(13-3-1)40-22-25-42(26-23-40)49-18-8-10-20-53(49)57(48-31-28-41(29-32-48)46-27-24-39-14-4-5-15-43(39)34-46)54-21-11-9-19-50(54)47-30-33-55-51(36-47)52-35-44-16-6-7-17-45(44)37-56(52)58-55/h1-37H. The van der Waals surface area contributed by atoms with Crippen LogP contribution in [0.3, 0.4) is 0 Å². The highest BCUT2D eigenvalue weighted by molar-refractivity contribution is 6.11. The summed E-state index contributed by atoms with van der Waals surface area (Å²) in [4.78, 5) is 2.42. The first-order chi connectivity index (χ1) is 28.7. The van der Waals surface area contributed by atoms with Crippen molar-refractivity contribution >= 4 is 60.5 Å². The summed E-state index contributed by atoms with van der Waals surface area (Å²) in [6.45, 7) is 0. The number of rotatable bonds is 7. The Morgan fingerprint density at radius 2 is 0.759 bits per heavy atom. The van der Waals surface area contributed by atoms with Crippen molar-refractivity contribution in [2.45, 2.75) is 0 Å². The molecule has 0 aliphatic carbocycles. The van der Waals surface area contributed by atoms with Crippen molar-refractivity contribution < 1.29 is 4.42 Å². The normalized spacial score (nSPS) is 11.4. The van der Waals surface area contributed by atoms with Gasteiger partial charge >= 0.3 is 0 Å². The molecule has 1 heterocycles. The maximum atomic E-state index is 6.43. The Kier molecular flexibility index (Phi) is 8.19. The molecule has 11 aromatic rings. The van der Waals surface area contributed by atoms with Crippen LogP contribution in [0.4, 0.5) is 17.1 Å². The number of hydrogen-bond donors (Lipinski definition) is 0. The second-order valence-electron chi connectivity index (χ2n) is 14.9. The number of fused-ring (bicyclic) bond motifs is 5. The third-order valence-electron chi connectivity index (χ3n) is 11.4. The molecule has 0 aliphatic heterocycles. The van der Waals surface area contributed by atoms with Gasteiger partial charge in [0.1, 0.15) is 11.2 Å². The number of furan rings is 1. The van der Waals surface area contributed by atoms with Crippen LogP contribution in [0.15, 0.2) is 229 Å². The van der Waals surface area contributed by atoms with Crippen molar-refractivity contribution in [1.29, 1.82) is 0 Å². The first-order valence-corrected chi connectivity index (χ1v) is 19.8. The summed E-state index contributed by atoms with van der Waals surface area (Å²) in [6, 6.07) is 80.8. The first kappa shape index (κ1) is 33.6. The van der Waals surface area contributed by atoms with Crippen LogP contribution in [0.1, 0.15) is 0 Å². The second kappa shape index (κ2) is 14.1. The van der Waals surface area contributed by atoms with Crippen molar-refractivity contribution in [2.75, 3.05) is 4.90 Å². The van der Waals surface area contributed by atoms with E-state index >= 15 is 0 Å². The number of benzene rings is 10. The number of anilines is 3. The molecule has 0 aliphatic rings. The van der Waals surface area contributed by atoms with Crippen LogP contribution < -0.4 is 4.90 Å². The summed E-state index contributed by atoms with van der Waals surface area (Å²) in [6.07, 6.45) is 0. The molecule has 0 radical (unpaired) electrons. The van der Waals surface area contributed by atoms with E-state index in [4.69, 9.17) is 4.42 Å². The molecule has 10 aromatic carbocycles. The molecule has 0 spiro atoms. The summed E-state index contributed by atoms with van der Waals surface area (Å²) >= 11 is 0. The van der Waals surface area contributed by atoms with Crippen molar-refractivity contribution in [3.63, 3.8) is 0 Å². The quantitative estimate of drug-likeness (QED) is 0.162. The van der Waals surface area contributed by atoms with E-state index in [1.54, 1.807) is 0 Å². The zero-order chi connectivity index (χ0) is 38.4. The minimum Gasteiger partial charge on any atom is -0.456 e. The minimum atomic E-state index is 0.886. The van der Waals surface area contributed by atoms with E-state index in [-0.39, 0.29) is 0 Å². The number of hydrogen-bond acceptors (Lipinski definition) is 2. The van der Waals surface area contributed by atoms with Crippen LogP contribution in [0.2, 0.25) is 0 Å². The smallest absolute Gasteiger partial charge is 0.136 e. The summed E-state index contributed by atoms with van der Waals surface area (Å²) in [5, 5.41) is 7.10. The minimum absolute atomic E-state index is 0.886. The van der Waals surface area contributed by atoms with Crippen LogP contribution >= 0.6 is 0 Å². The Bertz CT molecular complexity index is 3270. The number of para-hydroxylation sites is 2. The maximum absolute atomic E-state index is 6.43. The van der Waals surface area contributed by atoms with Crippen molar-refractivity contribution in [3.8, 4) is 44.5 Å². The molecule has 0 unspecified atom stereocenters. The fourth-order valence-electron chi connectivity index (χ4n) is 8.51. The molecular formula is C56H37NO. The van der Waals surface area contributed by atoms with Gasteiger partial charge in [-0.3, -0.25) is 0 Å². The Morgan fingerprint density at radius 3 is 1.48 bits per heavy atom. The second-order valence-corrected chi connectivity index (χ2v) is 14.9. The molecule has 58 heavy (non-hydrogen) atoms. The highest BCUT2D eigenvalue weighted by Gasteiger charge is 2.21. The van der Waals surface area contributed by atoms with Gasteiger partial charge in [-0.25, -0.2) is 0 Å². The Morgan fingerprint density at radius 1 is 0.276 bits per heavy atom. The van der Waals surface area contributed by atoms with E-state index < -0.39 is 0 Å². The van der Waals surface area contributed by atoms with Gasteiger partial charge < -0.3 is 9.32 Å². The Labute approximate surface area is 337 Å². The van der Waals surface area contributed by atoms with E-state index in [2.05, 4.69) is 229 Å². The van der Waals surface area contributed by atoms with Gasteiger partial charge in [-0.15, -0.1) is 0 Å². The van der Waals surface area contributed by atoms with Gasteiger partial charge in [0.2, 0.25) is 0 Å². The lowest BCUT2D eigenvalue weighted by Crippen LogP contribution is -2.12. The van der Waals surface area contributed by atoms with Gasteiger partial charge in [0.15, 0.2) is 0 Å². The third kappa shape index (κ3) is 6.00. The van der Waals surface area contributed by atoms with E-state index in [0.29, 0.717) is 0 Å². The zero-order valence-electron chi connectivity index (χ0n) is 31.7. The van der Waals surface area contributed by atoms with Crippen LogP contribution in [-0.4, -0.2) is 0 Å². The molecule has 0 bridgehead atoms. The lowest BCUT2D eigenvalue weighted by Gasteiger charge is -2.30. The van der Waals surface area contributed by atoms with Gasteiger partial charge in [-0.05, 0) is 110 Å². The highest BCUT2D eigenvalue weighted by Crippen LogP contribution is 2.46. The molecule has 11 rings (SSSR count). The van der Waals surface area contributed by atoms with Gasteiger partial charge in [0.25, 0.3) is 0 Å². The van der Waals surface area contributed by atoms with E-state index in [1.807, 2.05) is 0 Å². The van der Waals surface area contributed by atoms with Gasteiger partial charge in [0.05, 0.1) is 11.4 Å². The van der Waals surface area contributed by atoms with E-state index in [0.717, 1.165) is 61.3 Å². The SMILES string of the molecule is c1ccc(-c2ccc(-c3ccccc3N(c3ccc(-c4ccc5ccccc5c4)cc3)c3ccccc3-c3ccc4oc5cc6ccccc6cc5c4c3)cc2)cc1. The maximum Gasteiger partial charge on any atom is 0.136 e. The van der Waals surface area contributed by atoms with Crippen LogP contribution in [-0.2, 0) is 0 Å². The average Bonchev–Trinajstić information content (AvgIpc) is 3.65. The number of nitrogens with zero attached hydrogens (tertiary/aromatic N) is 1. The van der Waals surface area contributed by atoms with Crippen LogP contribution in [0, 0.1) is 0 Å². The highest BCUT2D eigenvalue weighted by atomic mass is 16.3. The van der Waals surface area contributed by atoms with E-state index in [1.165, 1.54) is 43.8 Å². The fraction of sp³-hybridized carbons (Fsp3) is 0. The molecule has 2 heteroatoms. The summed E-state index contributed by atoms with van der Waals surface area (Å²) < 4.78 is 6.43. The molecular weight excluding hydrogens is 703 g/mol. The van der Waals surface area contributed by atoms with Gasteiger partial charge in [0, 0.05) is 27.6 Å². The molecule has 2 nitrogen and oxygen atoms in total. The van der Waals surface area contributed by atoms with Gasteiger partial charge in [-0.2, -0.15) is 0 Å². The largest absolute Gasteiger partial charge is 0.456 e. The fourth-order valence-corrected chi connectivity index (χ4v) is 8.51. The Balaban J connectivity index is 1.07. The first-order valence-electron chi connectivity index (χ1n) is 19.8. The third-order valence-corrected chi connectivity index (χ3v) is 11.4. The predicted molar refractivity (Wildman–Crippen MR) is 245 cm³/mol. The molecule has 0 atom stereocenters. The average molecular weight is 740 g/mol. The molecule has 0 N–H and O–H groups in total. The summed E-state index contributed by atoms with van der Waals surface area (Å²) in [7, 11) is 0. The molecule has 1 aromatic heterocycles. The molecule has 0 amide bonds. The van der Waals surface area contributed by atoms with E-state index in [9.17, 15) is 0 Å². The van der Waals surface area contributed by atoms with Gasteiger partial charge in [-0.1, -0.05) is 170 Å². The summed E-state index contributed by atoms with van der Waals surface area (Å²) in [5.41, 5.74) is 14.4. The van der Waals surface area contributed by atoms with Crippen molar-refractivity contribution in [3.05, 3.63) is 224 Å². The lowest BCUT2D eigenvalue weighted by molar-refractivity contribution is 0.669. The summed E-state index contributed by atoms with van der Waals surface area (Å²) in [5.74, 6) is 0. The lowest BCUT2D eigenvalue weighted by atomic mass is 9.96.